The summed E-state index contributed by atoms with van der Waals surface area (Å²) in [4.78, 5) is 22.3. The van der Waals surface area contributed by atoms with Gasteiger partial charge in [0.2, 0.25) is 0 Å². The molecular formula is C29H29N5O4. The van der Waals surface area contributed by atoms with Crippen LogP contribution in [0.2, 0.25) is 0 Å². The highest BCUT2D eigenvalue weighted by Crippen LogP contribution is 2.23. The first-order valence-electron chi connectivity index (χ1n) is 12.5. The molecule has 5 rings (SSSR count). The van der Waals surface area contributed by atoms with E-state index < -0.39 is 6.10 Å². The molecular weight excluding hydrogens is 482 g/mol. The average Bonchev–Trinajstić information content (AvgIpc) is 3.57. The van der Waals surface area contributed by atoms with E-state index in [9.17, 15) is 9.90 Å². The van der Waals surface area contributed by atoms with E-state index in [0.717, 1.165) is 47.7 Å². The Morgan fingerprint density at radius 1 is 1.11 bits per heavy atom. The monoisotopic (exact) mass is 511 g/mol. The SMILES string of the molecule is COC(=O)CC1CN(Cc2ccc(C#Cc3ccc(-c4cc(Cn5ccnc5[C@H](C)O)no4)cc3)cn2)C1. The molecule has 38 heavy (non-hydrogen) atoms. The van der Waals surface area contributed by atoms with Gasteiger partial charge >= 0.3 is 5.97 Å². The van der Waals surface area contributed by atoms with Crippen molar-refractivity contribution in [1.29, 1.82) is 0 Å². The molecule has 0 saturated carbocycles. The fourth-order valence-electron chi connectivity index (χ4n) is 4.46. The van der Waals surface area contributed by atoms with Crippen molar-refractivity contribution in [2.75, 3.05) is 20.2 Å². The van der Waals surface area contributed by atoms with Gasteiger partial charge in [-0.05, 0) is 49.2 Å². The van der Waals surface area contributed by atoms with Crippen LogP contribution in [0.5, 0.6) is 0 Å². The van der Waals surface area contributed by atoms with Crippen molar-refractivity contribution in [3.8, 4) is 23.2 Å². The van der Waals surface area contributed by atoms with Crippen molar-refractivity contribution in [1.82, 2.24) is 24.6 Å². The van der Waals surface area contributed by atoms with E-state index in [1.807, 2.05) is 53.2 Å². The van der Waals surface area contributed by atoms with E-state index in [4.69, 9.17) is 9.26 Å². The summed E-state index contributed by atoms with van der Waals surface area (Å²) in [6, 6.07) is 13.7. The average molecular weight is 512 g/mol. The third-order valence-corrected chi connectivity index (χ3v) is 6.46. The number of carbonyl (C=O) groups is 1. The number of pyridine rings is 1. The maximum atomic E-state index is 11.4. The zero-order valence-electron chi connectivity index (χ0n) is 21.4. The number of benzene rings is 1. The number of carbonyl (C=O) groups excluding carboxylic acids is 1. The molecule has 1 atom stereocenters. The third-order valence-electron chi connectivity index (χ3n) is 6.46. The minimum atomic E-state index is -0.655. The minimum Gasteiger partial charge on any atom is -0.469 e. The lowest BCUT2D eigenvalue weighted by atomic mass is 9.96. The first-order valence-corrected chi connectivity index (χ1v) is 12.5. The summed E-state index contributed by atoms with van der Waals surface area (Å²) in [5, 5.41) is 14.0. The van der Waals surface area contributed by atoms with E-state index >= 15 is 0 Å². The number of hydrogen-bond donors (Lipinski definition) is 1. The van der Waals surface area contributed by atoms with Gasteiger partial charge in [0, 0.05) is 61.0 Å². The molecule has 1 aromatic carbocycles. The summed E-state index contributed by atoms with van der Waals surface area (Å²) in [6.45, 7) is 4.69. The number of methoxy groups -OCH3 is 1. The first kappa shape index (κ1) is 25.4. The second-order valence-corrected chi connectivity index (χ2v) is 9.48. The number of aromatic nitrogens is 4. The van der Waals surface area contributed by atoms with E-state index in [2.05, 4.69) is 31.9 Å². The van der Waals surface area contributed by atoms with Crippen molar-refractivity contribution in [3.05, 3.63) is 89.4 Å². The van der Waals surface area contributed by atoms with E-state index in [1.54, 1.807) is 19.3 Å². The van der Waals surface area contributed by atoms with Crippen molar-refractivity contribution < 1.29 is 19.2 Å². The highest BCUT2D eigenvalue weighted by Gasteiger charge is 2.28. The van der Waals surface area contributed by atoms with E-state index in [1.165, 1.54) is 7.11 Å². The van der Waals surface area contributed by atoms with Crippen LogP contribution in [0.4, 0.5) is 0 Å². The molecule has 194 valence electrons. The molecule has 0 amide bonds. The molecule has 4 heterocycles. The molecule has 4 aromatic rings. The molecule has 1 aliphatic rings. The minimum absolute atomic E-state index is 0.147. The van der Waals surface area contributed by atoms with Crippen LogP contribution in [-0.2, 0) is 22.6 Å². The van der Waals surface area contributed by atoms with Crippen LogP contribution in [0.15, 0.2) is 65.6 Å². The molecule has 1 saturated heterocycles. The van der Waals surface area contributed by atoms with Gasteiger partial charge in [0.15, 0.2) is 5.76 Å². The zero-order valence-corrected chi connectivity index (χ0v) is 21.4. The van der Waals surface area contributed by atoms with Gasteiger partial charge in [-0.2, -0.15) is 0 Å². The van der Waals surface area contributed by atoms with E-state index in [0.29, 0.717) is 30.5 Å². The molecule has 0 unspecified atom stereocenters. The first-order chi connectivity index (χ1) is 18.5. The topological polar surface area (TPSA) is 107 Å². The number of aliphatic hydroxyl groups excluding tert-OH is 1. The smallest absolute Gasteiger partial charge is 0.305 e. The van der Waals surface area contributed by atoms with Gasteiger partial charge in [0.25, 0.3) is 0 Å². The van der Waals surface area contributed by atoms with E-state index in [-0.39, 0.29) is 5.97 Å². The van der Waals surface area contributed by atoms with Crippen molar-refractivity contribution in [2.24, 2.45) is 5.92 Å². The molecule has 0 radical (unpaired) electrons. The number of nitrogens with zero attached hydrogens (tertiary/aromatic N) is 5. The Bertz CT molecular complexity index is 1440. The molecule has 3 aromatic heterocycles. The number of rotatable bonds is 8. The highest BCUT2D eigenvalue weighted by atomic mass is 16.5. The normalized spacial score (nSPS) is 14.4. The number of hydrogen-bond acceptors (Lipinski definition) is 8. The summed E-state index contributed by atoms with van der Waals surface area (Å²) in [5.41, 5.74) is 4.37. The second kappa shape index (κ2) is 11.4. The van der Waals surface area contributed by atoms with Crippen LogP contribution in [-0.4, -0.2) is 55.9 Å². The summed E-state index contributed by atoms with van der Waals surface area (Å²) < 4.78 is 12.1. The van der Waals surface area contributed by atoms with Crippen molar-refractivity contribution >= 4 is 5.97 Å². The third kappa shape index (κ3) is 6.17. The molecule has 9 heteroatoms. The molecule has 0 aliphatic carbocycles. The van der Waals surface area contributed by atoms with Gasteiger partial charge in [-0.3, -0.25) is 14.7 Å². The highest BCUT2D eigenvalue weighted by molar-refractivity contribution is 5.69. The van der Waals surface area contributed by atoms with Crippen LogP contribution in [0.25, 0.3) is 11.3 Å². The van der Waals surface area contributed by atoms with Crippen LogP contribution >= 0.6 is 0 Å². The summed E-state index contributed by atoms with van der Waals surface area (Å²) in [6.07, 6.45) is 5.08. The summed E-state index contributed by atoms with van der Waals surface area (Å²) >= 11 is 0. The molecule has 0 spiro atoms. The number of imidazole rings is 1. The molecule has 1 aliphatic heterocycles. The van der Waals surface area contributed by atoms with Gasteiger partial charge < -0.3 is 18.9 Å². The summed E-state index contributed by atoms with van der Waals surface area (Å²) in [7, 11) is 1.43. The predicted octanol–water partition coefficient (Wildman–Crippen LogP) is 3.43. The van der Waals surface area contributed by atoms with Crippen LogP contribution in [0.3, 0.4) is 0 Å². The van der Waals surface area contributed by atoms with Crippen LogP contribution < -0.4 is 0 Å². The maximum Gasteiger partial charge on any atom is 0.305 e. The largest absolute Gasteiger partial charge is 0.469 e. The van der Waals surface area contributed by atoms with Gasteiger partial charge in [-0.25, -0.2) is 4.98 Å². The van der Waals surface area contributed by atoms with Gasteiger partial charge in [-0.1, -0.05) is 17.0 Å². The molecule has 9 nitrogen and oxygen atoms in total. The molecule has 1 N–H and O–H groups in total. The number of esters is 1. The molecule has 1 fully saturated rings. The van der Waals surface area contributed by atoms with Gasteiger partial charge in [0.05, 0.1) is 25.8 Å². The Hall–Kier alpha value is -4.26. The Kier molecular flexibility index (Phi) is 7.63. The second-order valence-electron chi connectivity index (χ2n) is 9.48. The van der Waals surface area contributed by atoms with Crippen LogP contribution in [0, 0.1) is 17.8 Å². The summed E-state index contributed by atoms with van der Waals surface area (Å²) in [5.74, 6) is 7.82. The Balaban J connectivity index is 1.14. The Labute approximate surface area is 221 Å². The molecule has 0 bridgehead atoms. The number of likely N-dealkylation sites (tertiary alicyclic amines) is 1. The zero-order chi connectivity index (χ0) is 26.5. The fourth-order valence-corrected chi connectivity index (χ4v) is 4.46. The lowest BCUT2D eigenvalue weighted by Gasteiger charge is -2.38. The van der Waals surface area contributed by atoms with Gasteiger partial charge in [0.1, 0.15) is 17.6 Å². The number of aliphatic hydroxyl groups is 1. The maximum absolute atomic E-state index is 11.4. The Morgan fingerprint density at radius 3 is 2.58 bits per heavy atom. The van der Waals surface area contributed by atoms with Crippen LogP contribution in [0.1, 0.15) is 47.8 Å². The predicted molar refractivity (Wildman–Crippen MR) is 140 cm³/mol. The Morgan fingerprint density at radius 2 is 1.87 bits per heavy atom. The number of ether oxygens (including phenoxy) is 1. The quantitative estimate of drug-likeness (QED) is 0.283. The van der Waals surface area contributed by atoms with Crippen molar-refractivity contribution in [2.45, 2.75) is 32.5 Å². The van der Waals surface area contributed by atoms with Crippen molar-refractivity contribution in [3.63, 3.8) is 0 Å². The van der Waals surface area contributed by atoms with Gasteiger partial charge in [-0.15, -0.1) is 0 Å². The fraction of sp³-hybridized carbons (Fsp3) is 0.310. The lowest BCUT2D eigenvalue weighted by molar-refractivity contribution is -0.143. The lowest BCUT2D eigenvalue weighted by Crippen LogP contribution is -2.46. The standard InChI is InChI=1S/C29H29N5O4/c1-20(35)29-30-11-12-34(29)19-26-14-27(38-32-26)24-8-5-21(6-9-24)3-4-22-7-10-25(31-15-22)18-33-16-23(17-33)13-28(36)37-2/h5-12,14-15,20,23,35H,13,16-19H2,1-2H3/t20-/m0/s1.